The van der Waals surface area contributed by atoms with Crippen LogP contribution in [0.2, 0.25) is 0 Å². The zero-order chi connectivity index (χ0) is 16.6. The molecule has 2 aliphatic rings. The molecule has 1 atom stereocenters. The van der Waals surface area contributed by atoms with Crippen molar-refractivity contribution in [3.05, 3.63) is 11.5 Å². The molecule has 2 fully saturated rings. The molecular weight excluding hydrogens is 294 g/mol. The van der Waals surface area contributed by atoms with E-state index in [-0.39, 0.29) is 17.7 Å². The predicted octanol–water partition coefficient (Wildman–Crippen LogP) is 2.66. The summed E-state index contributed by atoms with van der Waals surface area (Å²) in [6, 6.07) is 0.315. The van der Waals surface area contributed by atoms with Crippen LogP contribution in [0.1, 0.15) is 50.5 Å². The van der Waals surface area contributed by atoms with E-state index in [9.17, 15) is 9.59 Å². The predicted molar refractivity (Wildman–Crippen MR) is 85.8 cm³/mol. The largest absolute Gasteiger partial charge is 0.359 e. The Bertz CT molecular complexity index is 583. The minimum absolute atomic E-state index is 0.112. The van der Waals surface area contributed by atoms with Gasteiger partial charge in [-0.3, -0.25) is 9.59 Å². The Morgan fingerprint density at radius 1 is 1.26 bits per heavy atom. The minimum Gasteiger partial charge on any atom is -0.359 e. The standard InChI is InChI=1S/C17H25N3O3/c1-10-4-6-14(7-5-10)20-9-13(8-15(20)21)17(22)18-16-11(2)19-23-12(16)3/h10,13-14H,4-9H2,1-3H3,(H,18,22). The maximum atomic E-state index is 12.5. The number of nitrogens with zero attached hydrogens (tertiary/aromatic N) is 2. The summed E-state index contributed by atoms with van der Waals surface area (Å²) in [7, 11) is 0. The van der Waals surface area contributed by atoms with E-state index in [0.29, 0.717) is 36.1 Å². The SMILES string of the molecule is Cc1noc(C)c1NC(=O)C1CC(=O)N(C2CCC(C)CC2)C1. The Hall–Kier alpha value is -1.85. The Labute approximate surface area is 136 Å². The van der Waals surface area contributed by atoms with E-state index in [1.165, 1.54) is 12.8 Å². The Morgan fingerprint density at radius 2 is 1.96 bits per heavy atom. The first-order chi connectivity index (χ1) is 11.0. The summed E-state index contributed by atoms with van der Waals surface area (Å²) >= 11 is 0. The molecule has 0 bridgehead atoms. The van der Waals surface area contributed by atoms with Gasteiger partial charge in [0.15, 0.2) is 5.76 Å². The highest BCUT2D eigenvalue weighted by molar-refractivity contribution is 5.97. The Balaban J connectivity index is 1.62. The number of aryl methyl sites for hydroxylation is 2. The van der Waals surface area contributed by atoms with E-state index < -0.39 is 0 Å². The number of hydrogen-bond donors (Lipinski definition) is 1. The van der Waals surface area contributed by atoms with Crippen LogP contribution in [-0.4, -0.2) is 34.5 Å². The number of carbonyl (C=O) groups is 2. The fourth-order valence-electron chi connectivity index (χ4n) is 3.70. The van der Waals surface area contributed by atoms with Crippen molar-refractivity contribution in [1.82, 2.24) is 10.1 Å². The Kier molecular flexibility index (Phi) is 4.41. The summed E-state index contributed by atoms with van der Waals surface area (Å²) in [5.74, 6) is 1.07. The monoisotopic (exact) mass is 319 g/mol. The third-order valence-electron chi connectivity index (χ3n) is 5.24. The summed E-state index contributed by atoms with van der Waals surface area (Å²) < 4.78 is 5.06. The van der Waals surface area contributed by atoms with Gasteiger partial charge in [-0.1, -0.05) is 12.1 Å². The number of aromatic nitrogens is 1. The number of amides is 2. The third-order valence-corrected chi connectivity index (χ3v) is 5.24. The molecule has 6 heteroatoms. The van der Waals surface area contributed by atoms with Gasteiger partial charge in [0.2, 0.25) is 11.8 Å². The average Bonchev–Trinajstić information content (AvgIpc) is 3.05. The van der Waals surface area contributed by atoms with Gasteiger partial charge in [0.1, 0.15) is 11.4 Å². The van der Waals surface area contributed by atoms with Gasteiger partial charge in [-0.15, -0.1) is 0 Å². The molecule has 2 heterocycles. The van der Waals surface area contributed by atoms with Crippen LogP contribution >= 0.6 is 0 Å². The lowest BCUT2D eigenvalue weighted by atomic mass is 9.87. The maximum absolute atomic E-state index is 12.5. The molecule has 1 aliphatic carbocycles. The zero-order valence-corrected chi connectivity index (χ0v) is 14.1. The van der Waals surface area contributed by atoms with E-state index in [1.54, 1.807) is 13.8 Å². The first-order valence-electron chi connectivity index (χ1n) is 8.49. The molecule has 1 saturated heterocycles. The van der Waals surface area contributed by atoms with Crippen LogP contribution in [0.15, 0.2) is 4.52 Å². The maximum Gasteiger partial charge on any atom is 0.229 e. The van der Waals surface area contributed by atoms with Crippen LogP contribution in [0.5, 0.6) is 0 Å². The van der Waals surface area contributed by atoms with Gasteiger partial charge in [0.25, 0.3) is 0 Å². The molecule has 6 nitrogen and oxygen atoms in total. The van der Waals surface area contributed by atoms with Gasteiger partial charge >= 0.3 is 0 Å². The molecule has 126 valence electrons. The molecule has 1 saturated carbocycles. The lowest BCUT2D eigenvalue weighted by Gasteiger charge is -2.33. The second kappa shape index (κ2) is 6.34. The number of hydrogen-bond acceptors (Lipinski definition) is 4. The van der Waals surface area contributed by atoms with Crippen molar-refractivity contribution < 1.29 is 14.1 Å². The highest BCUT2D eigenvalue weighted by Gasteiger charge is 2.39. The molecule has 0 aromatic carbocycles. The summed E-state index contributed by atoms with van der Waals surface area (Å²) in [6.45, 7) is 6.36. The fraction of sp³-hybridized carbons (Fsp3) is 0.706. The van der Waals surface area contributed by atoms with Crippen molar-refractivity contribution in [3.8, 4) is 0 Å². The van der Waals surface area contributed by atoms with Crippen molar-refractivity contribution in [2.24, 2.45) is 11.8 Å². The van der Waals surface area contributed by atoms with Gasteiger partial charge in [-0.05, 0) is 45.4 Å². The molecule has 0 radical (unpaired) electrons. The van der Waals surface area contributed by atoms with Crippen LogP contribution in [0, 0.1) is 25.7 Å². The molecular formula is C17H25N3O3. The van der Waals surface area contributed by atoms with E-state index >= 15 is 0 Å². The first kappa shape index (κ1) is 16.0. The van der Waals surface area contributed by atoms with Gasteiger partial charge in [-0.2, -0.15) is 0 Å². The third kappa shape index (κ3) is 3.26. The molecule has 0 spiro atoms. The molecule has 1 aromatic rings. The summed E-state index contributed by atoms with van der Waals surface area (Å²) in [5.41, 5.74) is 1.30. The van der Waals surface area contributed by atoms with Crippen LogP contribution in [-0.2, 0) is 9.59 Å². The van der Waals surface area contributed by atoms with Crippen molar-refractivity contribution in [2.75, 3.05) is 11.9 Å². The molecule has 1 unspecified atom stereocenters. The molecule has 1 aliphatic heterocycles. The number of nitrogens with one attached hydrogen (secondary N) is 1. The number of likely N-dealkylation sites (tertiary alicyclic amines) is 1. The fourth-order valence-corrected chi connectivity index (χ4v) is 3.70. The number of anilines is 1. The average molecular weight is 319 g/mol. The zero-order valence-electron chi connectivity index (χ0n) is 14.1. The van der Waals surface area contributed by atoms with Crippen molar-refractivity contribution in [1.29, 1.82) is 0 Å². The molecule has 2 amide bonds. The number of carbonyl (C=O) groups excluding carboxylic acids is 2. The molecule has 1 N–H and O–H groups in total. The van der Waals surface area contributed by atoms with Crippen LogP contribution in [0.4, 0.5) is 5.69 Å². The van der Waals surface area contributed by atoms with Crippen LogP contribution < -0.4 is 5.32 Å². The lowest BCUT2D eigenvalue weighted by Crippen LogP contribution is -2.39. The van der Waals surface area contributed by atoms with Crippen molar-refractivity contribution >= 4 is 17.5 Å². The van der Waals surface area contributed by atoms with Gasteiger partial charge in [-0.25, -0.2) is 0 Å². The summed E-state index contributed by atoms with van der Waals surface area (Å²) in [6.07, 6.45) is 4.77. The second-order valence-corrected chi connectivity index (χ2v) is 7.05. The van der Waals surface area contributed by atoms with Crippen molar-refractivity contribution in [3.63, 3.8) is 0 Å². The van der Waals surface area contributed by atoms with Gasteiger partial charge in [0.05, 0.1) is 5.92 Å². The van der Waals surface area contributed by atoms with Crippen LogP contribution in [0.25, 0.3) is 0 Å². The molecule has 3 rings (SSSR count). The first-order valence-corrected chi connectivity index (χ1v) is 8.49. The van der Waals surface area contributed by atoms with E-state index in [0.717, 1.165) is 18.8 Å². The smallest absolute Gasteiger partial charge is 0.229 e. The Morgan fingerprint density at radius 3 is 2.57 bits per heavy atom. The van der Waals surface area contributed by atoms with Gasteiger partial charge < -0.3 is 14.7 Å². The van der Waals surface area contributed by atoms with Crippen molar-refractivity contribution in [2.45, 2.75) is 58.9 Å². The lowest BCUT2D eigenvalue weighted by molar-refractivity contribution is -0.130. The highest BCUT2D eigenvalue weighted by Crippen LogP contribution is 2.32. The minimum atomic E-state index is -0.282. The molecule has 23 heavy (non-hydrogen) atoms. The van der Waals surface area contributed by atoms with E-state index in [1.807, 2.05) is 4.90 Å². The van der Waals surface area contributed by atoms with E-state index in [2.05, 4.69) is 17.4 Å². The molecule has 1 aromatic heterocycles. The van der Waals surface area contributed by atoms with Crippen LogP contribution in [0.3, 0.4) is 0 Å². The van der Waals surface area contributed by atoms with Gasteiger partial charge in [0, 0.05) is 19.0 Å². The summed E-state index contributed by atoms with van der Waals surface area (Å²) in [4.78, 5) is 26.7. The quantitative estimate of drug-likeness (QED) is 0.929. The highest BCUT2D eigenvalue weighted by atomic mass is 16.5. The topological polar surface area (TPSA) is 75.4 Å². The number of rotatable bonds is 3. The second-order valence-electron chi connectivity index (χ2n) is 7.05. The normalized spacial score (nSPS) is 28.2. The summed E-state index contributed by atoms with van der Waals surface area (Å²) in [5, 5.41) is 6.72. The van der Waals surface area contributed by atoms with E-state index in [4.69, 9.17) is 4.52 Å².